The summed E-state index contributed by atoms with van der Waals surface area (Å²) in [5.41, 5.74) is 22.7. The molecule has 0 spiro atoms. The predicted octanol–water partition coefficient (Wildman–Crippen LogP) is 22.9. The van der Waals surface area contributed by atoms with Crippen LogP contribution in [0.1, 0.15) is 44.5 Å². The highest BCUT2D eigenvalue weighted by Gasteiger charge is 2.48. The molecule has 2 aliphatic rings. The van der Waals surface area contributed by atoms with Gasteiger partial charge in [0.25, 0.3) is 0 Å². The molecule has 0 heterocycles. The minimum Gasteiger partial charge on any atom is -0.310 e. The Labute approximate surface area is 531 Å². The first-order valence-corrected chi connectivity index (χ1v) is 32.9. The van der Waals surface area contributed by atoms with Crippen LogP contribution in [0.3, 0.4) is 0 Å². The smallest absolute Gasteiger partial charge is 0.0714 e. The number of rotatable bonds is 20. The quantitative estimate of drug-likeness (QED) is 0.0553. The molecular weight excluding hydrogens is 1120 g/mol. The van der Waals surface area contributed by atoms with Gasteiger partial charge in [0.15, 0.2) is 0 Å². The van der Waals surface area contributed by atoms with Crippen molar-refractivity contribution in [3.05, 3.63) is 380 Å². The van der Waals surface area contributed by atoms with Gasteiger partial charge in [-0.15, -0.1) is 55.0 Å². The Bertz CT molecular complexity index is 4410. The molecule has 0 radical (unpaired) electrons. The molecule has 1 atom stereocenters. The van der Waals surface area contributed by atoms with Crippen LogP contribution in [-0.2, 0) is 10.8 Å². The van der Waals surface area contributed by atoms with E-state index in [4.69, 9.17) is 0 Å². The van der Waals surface area contributed by atoms with Crippen LogP contribution >= 0.6 is 35.3 Å². The van der Waals surface area contributed by atoms with Gasteiger partial charge in [-0.2, -0.15) is 0 Å². The minimum absolute atomic E-state index is 0.550. The molecule has 0 amide bonds. The van der Waals surface area contributed by atoms with Gasteiger partial charge < -0.3 is 9.80 Å². The lowest BCUT2D eigenvalue weighted by molar-refractivity contribution is 0.766. The van der Waals surface area contributed by atoms with Crippen LogP contribution in [0, 0.1) is 0 Å². The molecule has 0 aromatic heterocycles. The molecule has 5 heteroatoms. The van der Waals surface area contributed by atoms with Gasteiger partial charge >= 0.3 is 0 Å². The van der Waals surface area contributed by atoms with Crippen molar-refractivity contribution in [2.24, 2.45) is 0 Å². The molecule has 2 aliphatic carbocycles. The molecule has 1 unspecified atom stereocenters. The highest BCUT2D eigenvalue weighted by Crippen LogP contribution is 2.59. The molecule has 88 heavy (non-hydrogen) atoms. The van der Waals surface area contributed by atoms with Crippen LogP contribution in [0.5, 0.6) is 0 Å². The van der Waals surface area contributed by atoms with Crippen LogP contribution in [0.25, 0.3) is 33.4 Å². The summed E-state index contributed by atoms with van der Waals surface area (Å²) in [6.45, 7) is 12.0. The van der Waals surface area contributed by atoms with Gasteiger partial charge in [0, 0.05) is 66.1 Å². The van der Waals surface area contributed by atoms with Gasteiger partial charge in [-0.3, -0.25) is 0 Å². The number of hydrogen-bond acceptors (Lipinski definition) is 5. The summed E-state index contributed by atoms with van der Waals surface area (Å²) in [6.07, 6.45) is 5.91. The van der Waals surface area contributed by atoms with Gasteiger partial charge in [0.05, 0.1) is 10.8 Å². The molecule has 0 saturated carbocycles. The summed E-state index contributed by atoms with van der Waals surface area (Å²) in [4.78, 5) is 8.49. The second-order valence-electron chi connectivity index (χ2n) is 22.2. The largest absolute Gasteiger partial charge is 0.310 e. The number of benzene rings is 12. The number of fused-ring (bicyclic) bond motifs is 6. The molecule has 14 rings (SSSR count). The topological polar surface area (TPSA) is 6.48 Å². The third-order valence-electron chi connectivity index (χ3n) is 17.4. The maximum absolute atomic E-state index is 3.99. The number of para-hydroxylation sites is 2. The van der Waals surface area contributed by atoms with Gasteiger partial charge in [-0.25, -0.2) is 0 Å². The number of anilines is 6. The Morgan fingerprint density at radius 2 is 0.545 bits per heavy atom. The number of nitrogens with zero attached hydrogens (tertiary/aromatic N) is 2. The average Bonchev–Trinajstić information content (AvgIpc) is 1.54. The lowest BCUT2D eigenvalue weighted by Gasteiger charge is -2.35. The highest BCUT2D eigenvalue weighted by molar-refractivity contribution is 7.99. The van der Waals surface area contributed by atoms with Crippen molar-refractivity contribution in [2.75, 3.05) is 27.1 Å². The fourth-order valence-electron chi connectivity index (χ4n) is 13.6. The minimum atomic E-state index is -0.587. The number of thioether (sulfide) groups is 3. The molecule has 0 N–H and O–H groups in total. The summed E-state index contributed by atoms with van der Waals surface area (Å²) in [5, 5.41) is 0. The Kier molecular flexibility index (Phi) is 15.8. The monoisotopic (exact) mass is 1180 g/mol. The van der Waals surface area contributed by atoms with Crippen LogP contribution in [0.2, 0.25) is 0 Å². The van der Waals surface area contributed by atoms with E-state index < -0.39 is 10.8 Å². The van der Waals surface area contributed by atoms with Crippen molar-refractivity contribution in [3.8, 4) is 33.4 Å². The van der Waals surface area contributed by atoms with Crippen LogP contribution in [-0.4, -0.2) is 17.3 Å². The Morgan fingerprint density at radius 1 is 0.261 bits per heavy atom. The summed E-state index contributed by atoms with van der Waals surface area (Å²) in [7, 11) is 0. The van der Waals surface area contributed by atoms with Crippen LogP contribution < -0.4 is 9.80 Å². The molecule has 0 aliphatic heterocycles. The number of hydrogen-bond donors (Lipinski definition) is 0. The van der Waals surface area contributed by atoms with E-state index >= 15 is 0 Å². The summed E-state index contributed by atoms with van der Waals surface area (Å²) >= 11 is 5.43. The zero-order valence-electron chi connectivity index (χ0n) is 48.9. The predicted molar refractivity (Wildman–Crippen MR) is 379 cm³/mol. The molecule has 12 aromatic carbocycles. The van der Waals surface area contributed by atoms with Gasteiger partial charge in [0.1, 0.15) is 0 Å². The van der Waals surface area contributed by atoms with E-state index in [9.17, 15) is 0 Å². The molecule has 0 bridgehead atoms. The molecule has 0 saturated heterocycles. The first-order valence-electron chi connectivity index (χ1n) is 30.0. The fourth-order valence-corrected chi connectivity index (χ4v) is 15.5. The van der Waals surface area contributed by atoms with Crippen molar-refractivity contribution in [2.45, 2.75) is 25.5 Å². The van der Waals surface area contributed by atoms with E-state index in [2.05, 4.69) is 327 Å². The molecular formula is C83H64N2S3. The first kappa shape index (κ1) is 56.3. The van der Waals surface area contributed by atoms with E-state index in [1.54, 1.807) is 0 Å². The summed E-state index contributed by atoms with van der Waals surface area (Å²) < 4.78 is 0. The van der Waals surface area contributed by atoms with E-state index in [1.165, 1.54) is 81.4 Å². The zero-order valence-corrected chi connectivity index (χ0v) is 51.3. The van der Waals surface area contributed by atoms with E-state index in [1.807, 2.05) is 53.5 Å². The lowest BCUT2D eigenvalue weighted by atomic mass is 9.67. The SMILES string of the molecule is C=CCSc1ccc(C2(c3ccccc3)c3ccccc3-c3ccc(N(c4ccccc4)c4ccc(-c5ccc(N(c6ccccc6)c6ccc7c(c6)C(c6ccc(SCC=C)cc6)(c6ccc(SCC=C)cc6)c6ccccc6-7)cc5)cc4)cc32)cc1. The average molecular weight is 1190 g/mol. The Morgan fingerprint density at radius 3 is 0.898 bits per heavy atom. The van der Waals surface area contributed by atoms with Crippen molar-refractivity contribution in [1.82, 2.24) is 0 Å². The second kappa shape index (κ2) is 24.7. The van der Waals surface area contributed by atoms with Gasteiger partial charge in [-0.05, 0) is 187 Å². The fraction of sp³-hybridized carbons (Fsp3) is 0.0602. The van der Waals surface area contributed by atoms with Crippen LogP contribution in [0.15, 0.2) is 350 Å². The Balaban J connectivity index is 0.838. The van der Waals surface area contributed by atoms with E-state index in [-0.39, 0.29) is 0 Å². The molecule has 0 fully saturated rings. The third-order valence-corrected chi connectivity index (χ3v) is 20.4. The van der Waals surface area contributed by atoms with Gasteiger partial charge in [-0.1, -0.05) is 206 Å². The second-order valence-corrected chi connectivity index (χ2v) is 25.5. The summed E-state index contributed by atoms with van der Waals surface area (Å²) in [5.74, 6) is 2.58. The van der Waals surface area contributed by atoms with Crippen molar-refractivity contribution in [3.63, 3.8) is 0 Å². The Hall–Kier alpha value is -9.49. The third kappa shape index (κ3) is 10.0. The van der Waals surface area contributed by atoms with Crippen molar-refractivity contribution < 1.29 is 0 Å². The van der Waals surface area contributed by atoms with Gasteiger partial charge in [0.2, 0.25) is 0 Å². The zero-order chi connectivity index (χ0) is 59.4. The molecule has 12 aromatic rings. The molecule has 424 valence electrons. The maximum Gasteiger partial charge on any atom is 0.0714 e. The maximum atomic E-state index is 3.99. The van der Waals surface area contributed by atoms with E-state index in [0.717, 1.165) is 62.5 Å². The van der Waals surface area contributed by atoms with Crippen LogP contribution in [0.4, 0.5) is 34.1 Å². The normalized spacial score (nSPS) is 14.0. The standard InChI is InChI=1S/C83H64N2S3/c1-4-54-86-71-46-34-62(35-47-71)82(61-20-10-7-11-21-61)78-28-18-16-26-74(78)76-52-44-69(57-80(76)82)84(65-22-12-8-13-23-65)67-40-30-59(31-41-67)60-32-42-68(43-33-60)85(66-24-14-9-15-25-66)70-45-53-77-75-27-17-19-29-79(75)83(81(77)58-70,63-36-48-72(49-37-63)87-55-5-2)64-38-50-73(51-39-64)88-56-6-3/h4-53,57-58H,1-3,54-56H2. The van der Waals surface area contributed by atoms with Crippen molar-refractivity contribution >= 4 is 69.4 Å². The van der Waals surface area contributed by atoms with E-state index in [0.29, 0.717) is 0 Å². The first-order chi connectivity index (χ1) is 43.5. The highest BCUT2D eigenvalue weighted by atomic mass is 32.2. The lowest BCUT2D eigenvalue weighted by Crippen LogP contribution is -2.28. The summed E-state index contributed by atoms with van der Waals surface area (Å²) in [6, 6.07) is 111. The van der Waals surface area contributed by atoms with Crippen molar-refractivity contribution in [1.29, 1.82) is 0 Å². The molecule has 2 nitrogen and oxygen atoms in total.